The molecule has 1 N–H and O–H groups in total. The van der Waals surface area contributed by atoms with Crippen LogP contribution in [0.1, 0.15) is 26.2 Å². The van der Waals surface area contributed by atoms with Crippen LogP contribution in [-0.4, -0.2) is 47.8 Å². The van der Waals surface area contributed by atoms with Crippen LogP contribution in [0, 0.1) is 0 Å². The van der Waals surface area contributed by atoms with Crippen LogP contribution in [0.2, 0.25) is 0 Å². The molecule has 1 heterocycles. The molecule has 0 radical (unpaired) electrons. The van der Waals surface area contributed by atoms with Gasteiger partial charge in [-0.2, -0.15) is 4.98 Å². The maximum Gasteiger partial charge on any atom is 0.241 e. The normalized spacial score (nSPS) is 11.9. The van der Waals surface area contributed by atoms with Crippen LogP contribution in [0.15, 0.2) is 53.1 Å². The topological polar surface area (TPSA) is 89.7 Å². The van der Waals surface area contributed by atoms with Crippen LogP contribution in [0.3, 0.4) is 0 Å². The molecule has 0 saturated heterocycles. The lowest BCUT2D eigenvalue weighted by molar-refractivity contribution is -0.121. The van der Waals surface area contributed by atoms with Gasteiger partial charge in [-0.1, -0.05) is 30.3 Å². The van der Waals surface area contributed by atoms with Gasteiger partial charge in [0.15, 0.2) is 11.5 Å². The third-order valence-corrected chi connectivity index (χ3v) is 4.93. The number of carbonyl (C=O) groups is 1. The van der Waals surface area contributed by atoms with Gasteiger partial charge in [0.05, 0.1) is 26.8 Å². The second-order valence-corrected chi connectivity index (χ2v) is 7.08. The van der Waals surface area contributed by atoms with Crippen molar-refractivity contribution in [1.29, 1.82) is 0 Å². The first-order valence-electron chi connectivity index (χ1n) is 10.2. The molecule has 3 rings (SSSR count). The predicted octanol–water partition coefficient (Wildman–Crippen LogP) is 3.99. The highest BCUT2D eigenvalue weighted by atomic mass is 16.5. The van der Waals surface area contributed by atoms with E-state index in [4.69, 9.17) is 14.0 Å². The van der Waals surface area contributed by atoms with Gasteiger partial charge in [-0.15, -0.1) is 0 Å². The smallest absolute Gasteiger partial charge is 0.241 e. The summed E-state index contributed by atoms with van der Waals surface area (Å²) in [5.74, 6) is 2.03. The number of hydrogen-bond donors (Lipinski definition) is 1. The lowest BCUT2D eigenvalue weighted by Gasteiger charge is -2.26. The van der Waals surface area contributed by atoms with Crippen molar-refractivity contribution in [3.05, 3.63) is 54.4 Å². The largest absolute Gasteiger partial charge is 0.493 e. The number of carbonyl (C=O) groups excluding carboxylic acids is 1. The molecule has 2 aromatic carbocycles. The summed E-state index contributed by atoms with van der Waals surface area (Å²) in [6.45, 7) is 5.03. The zero-order valence-corrected chi connectivity index (χ0v) is 18.3. The average Bonchev–Trinajstić information content (AvgIpc) is 3.27. The zero-order valence-electron chi connectivity index (χ0n) is 18.3. The Labute approximate surface area is 182 Å². The Morgan fingerprint density at radius 2 is 1.87 bits per heavy atom. The van der Waals surface area contributed by atoms with E-state index >= 15 is 0 Å². The predicted molar refractivity (Wildman–Crippen MR) is 118 cm³/mol. The number of anilines is 1. The van der Waals surface area contributed by atoms with E-state index in [2.05, 4.69) is 22.4 Å². The van der Waals surface area contributed by atoms with Gasteiger partial charge in [0.1, 0.15) is 0 Å². The molecule has 1 aromatic heterocycles. The maximum atomic E-state index is 12.7. The fourth-order valence-electron chi connectivity index (χ4n) is 3.22. The standard InChI is InChI=1S/C23H28N4O4/c1-5-13-27(16(2)23(28)24-18-9-7-6-8-10-18)15-21-25-22(26-31-21)17-11-12-19(29-3)20(14-17)30-4/h6-12,14,16H,5,13,15H2,1-4H3,(H,24,28). The van der Waals surface area contributed by atoms with Crippen LogP contribution in [0.4, 0.5) is 5.69 Å². The molecule has 3 aromatic rings. The van der Waals surface area contributed by atoms with E-state index in [1.807, 2.05) is 48.2 Å². The Bertz CT molecular complexity index is 990. The summed E-state index contributed by atoms with van der Waals surface area (Å²) < 4.78 is 16.1. The van der Waals surface area contributed by atoms with Crippen molar-refractivity contribution >= 4 is 11.6 Å². The Balaban J connectivity index is 1.72. The van der Waals surface area contributed by atoms with E-state index in [0.29, 0.717) is 29.8 Å². The van der Waals surface area contributed by atoms with Crippen molar-refractivity contribution in [2.24, 2.45) is 0 Å². The van der Waals surface area contributed by atoms with Gasteiger partial charge in [-0.25, -0.2) is 0 Å². The van der Waals surface area contributed by atoms with Gasteiger partial charge in [0.2, 0.25) is 17.6 Å². The van der Waals surface area contributed by atoms with E-state index in [1.54, 1.807) is 26.4 Å². The Hall–Kier alpha value is -3.39. The molecule has 0 aliphatic rings. The first-order chi connectivity index (χ1) is 15.0. The number of nitrogens with one attached hydrogen (secondary N) is 1. The number of para-hydroxylation sites is 1. The average molecular weight is 425 g/mol. The summed E-state index contributed by atoms with van der Waals surface area (Å²) in [7, 11) is 3.16. The first kappa shape index (κ1) is 22.3. The summed E-state index contributed by atoms with van der Waals surface area (Å²) >= 11 is 0. The molecule has 31 heavy (non-hydrogen) atoms. The maximum absolute atomic E-state index is 12.7. The molecular weight excluding hydrogens is 396 g/mol. The van der Waals surface area contributed by atoms with Crippen LogP contribution in [0.5, 0.6) is 11.5 Å². The van der Waals surface area contributed by atoms with Crippen molar-refractivity contribution < 1.29 is 18.8 Å². The monoisotopic (exact) mass is 424 g/mol. The first-order valence-corrected chi connectivity index (χ1v) is 10.2. The Morgan fingerprint density at radius 1 is 1.13 bits per heavy atom. The van der Waals surface area contributed by atoms with Crippen LogP contribution < -0.4 is 14.8 Å². The lowest BCUT2D eigenvalue weighted by Crippen LogP contribution is -2.42. The highest BCUT2D eigenvalue weighted by molar-refractivity contribution is 5.94. The fourth-order valence-corrected chi connectivity index (χ4v) is 3.22. The molecular formula is C23H28N4O4. The summed E-state index contributed by atoms with van der Waals surface area (Å²) in [5, 5.41) is 7.04. The number of rotatable bonds is 10. The van der Waals surface area contributed by atoms with E-state index in [-0.39, 0.29) is 11.9 Å². The van der Waals surface area contributed by atoms with Gasteiger partial charge >= 0.3 is 0 Å². The highest BCUT2D eigenvalue weighted by Crippen LogP contribution is 2.31. The number of methoxy groups -OCH3 is 2. The number of nitrogens with zero attached hydrogens (tertiary/aromatic N) is 3. The molecule has 1 atom stereocenters. The molecule has 1 unspecified atom stereocenters. The second-order valence-electron chi connectivity index (χ2n) is 7.08. The molecule has 0 aliphatic heterocycles. The molecule has 164 valence electrons. The fraction of sp³-hybridized carbons (Fsp3) is 0.348. The minimum absolute atomic E-state index is 0.0840. The molecule has 8 nitrogen and oxygen atoms in total. The zero-order chi connectivity index (χ0) is 22.2. The SMILES string of the molecule is CCCN(Cc1nc(-c2ccc(OC)c(OC)c2)no1)C(C)C(=O)Nc1ccccc1. The van der Waals surface area contributed by atoms with E-state index in [1.165, 1.54) is 0 Å². The quantitative estimate of drug-likeness (QED) is 0.526. The van der Waals surface area contributed by atoms with Gasteiger partial charge < -0.3 is 19.3 Å². The minimum atomic E-state index is -0.364. The Morgan fingerprint density at radius 3 is 2.55 bits per heavy atom. The number of hydrogen-bond acceptors (Lipinski definition) is 7. The van der Waals surface area contributed by atoms with Crippen molar-refractivity contribution in [3.8, 4) is 22.9 Å². The number of ether oxygens (including phenoxy) is 2. The lowest BCUT2D eigenvalue weighted by atomic mass is 10.2. The minimum Gasteiger partial charge on any atom is -0.493 e. The number of aromatic nitrogens is 2. The highest BCUT2D eigenvalue weighted by Gasteiger charge is 2.23. The summed E-state index contributed by atoms with van der Waals surface area (Å²) in [6.07, 6.45) is 0.889. The van der Waals surface area contributed by atoms with Crippen LogP contribution >= 0.6 is 0 Å². The third-order valence-electron chi connectivity index (χ3n) is 4.93. The van der Waals surface area contributed by atoms with Crippen LogP contribution in [-0.2, 0) is 11.3 Å². The van der Waals surface area contributed by atoms with Gasteiger partial charge in [0, 0.05) is 11.3 Å². The second kappa shape index (κ2) is 10.6. The van der Waals surface area contributed by atoms with Crippen molar-refractivity contribution in [2.45, 2.75) is 32.9 Å². The van der Waals surface area contributed by atoms with Gasteiger partial charge in [0.25, 0.3) is 0 Å². The van der Waals surface area contributed by atoms with Gasteiger partial charge in [-0.3, -0.25) is 9.69 Å². The summed E-state index contributed by atoms with van der Waals surface area (Å²) in [6, 6.07) is 14.5. The van der Waals surface area contributed by atoms with Crippen molar-refractivity contribution in [3.63, 3.8) is 0 Å². The molecule has 0 spiro atoms. The molecule has 8 heteroatoms. The third kappa shape index (κ3) is 5.61. The van der Waals surface area contributed by atoms with Crippen molar-refractivity contribution in [1.82, 2.24) is 15.0 Å². The molecule has 0 fully saturated rings. The number of amides is 1. The molecule has 1 amide bonds. The van der Waals surface area contributed by atoms with E-state index in [0.717, 1.165) is 24.2 Å². The molecule has 0 aliphatic carbocycles. The van der Waals surface area contributed by atoms with E-state index in [9.17, 15) is 4.79 Å². The number of benzene rings is 2. The molecule has 0 saturated carbocycles. The summed E-state index contributed by atoms with van der Waals surface area (Å²) in [5.41, 5.74) is 1.52. The molecule has 0 bridgehead atoms. The Kier molecular flexibility index (Phi) is 7.61. The van der Waals surface area contributed by atoms with Crippen LogP contribution in [0.25, 0.3) is 11.4 Å². The van der Waals surface area contributed by atoms with Crippen molar-refractivity contribution in [2.75, 3.05) is 26.1 Å². The summed E-state index contributed by atoms with van der Waals surface area (Å²) in [4.78, 5) is 19.3. The van der Waals surface area contributed by atoms with E-state index < -0.39 is 0 Å². The van der Waals surface area contributed by atoms with Gasteiger partial charge in [-0.05, 0) is 50.2 Å².